The van der Waals surface area contributed by atoms with Gasteiger partial charge in [0.2, 0.25) is 0 Å². The third kappa shape index (κ3) is 5.45. The Balaban J connectivity index is 0.00000240. The number of rotatable bonds is 5. The van der Waals surface area contributed by atoms with E-state index in [1.807, 2.05) is 7.05 Å². The summed E-state index contributed by atoms with van der Waals surface area (Å²) in [5.41, 5.74) is 3.93. The second kappa shape index (κ2) is 10.7. The van der Waals surface area contributed by atoms with Crippen LogP contribution in [0.3, 0.4) is 0 Å². The number of likely N-dealkylation sites (tertiary alicyclic amines) is 1. The normalized spacial score (nSPS) is 19.4. The summed E-state index contributed by atoms with van der Waals surface area (Å²) in [7, 11) is 1.87. The van der Waals surface area contributed by atoms with Gasteiger partial charge >= 0.3 is 0 Å². The second-order valence-corrected chi connectivity index (χ2v) is 8.45. The van der Waals surface area contributed by atoms with E-state index in [1.54, 1.807) is 0 Å². The molecule has 0 unspecified atom stereocenters. The van der Waals surface area contributed by atoms with Gasteiger partial charge in [-0.25, -0.2) is 0 Å². The molecule has 29 heavy (non-hydrogen) atoms. The molecular formula is C23H36IN5. The first kappa shape index (κ1) is 22.4. The highest BCUT2D eigenvalue weighted by Gasteiger charge is 2.27. The number of fused-ring (bicyclic) bond motifs is 1. The molecule has 1 aliphatic carbocycles. The summed E-state index contributed by atoms with van der Waals surface area (Å²) in [4.78, 5) is 10.6. The van der Waals surface area contributed by atoms with Gasteiger partial charge in [0.25, 0.3) is 0 Å². The number of nitrogens with zero attached hydrogens (tertiary/aromatic N) is 2. The van der Waals surface area contributed by atoms with E-state index in [0.717, 1.165) is 25.0 Å². The average molecular weight is 509 g/mol. The van der Waals surface area contributed by atoms with Crippen molar-refractivity contribution in [1.29, 1.82) is 0 Å². The third-order valence-corrected chi connectivity index (χ3v) is 6.63. The summed E-state index contributed by atoms with van der Waals surface area (Å²) in [5.74, 6) is 0.940. The van der Waals surface area contributed by atoms with Crippen molar-refractivity contribution in [2.24, 2.45) is 4.99 Å². The van der Waals surface area contributed by atoms with Crippen molar-refractivity contribution in [2.75, 3.05) is 26.7 Å². The van der Waals surface area contributed by atoms with Crippen LogP contribution < -0.4 is 10.6 Å². The first-order chi connectivity index (χ1) is 13.7. The van der Waals surface area contributed by atoms with Gasteiger partial charge in [-0.1, -0.05) is 31.0 Å². The van der Waals surface area contributed by atoms with E-state index in [-0.39, 0.29) is 24.0 Å². The number of aliphatic imine (C=N–C) groups is 1. The van der Waals surface area contributed by atoms with Crippen molar-refractivity contribution in [3.05, 3.63) is 35.5 Å². The summed E-state index contributed by atoms with van der Waals surface area (Å²) < 4.78 is 0. The fraction of sp³-hybridized carbons (Fsp3) is 0.609. The lowest BCUT2D eigenvalue weighted by molar-refractivity contribution is 0.150. The SMILES string of the molecule is CN=C(NCCc1c[nH]c2c(C)cccc12)NC1CCN(C2CCCC2)CC1.I. The van der Waals surface area contributed by atoms with E-state index >= 15 is 0 Å². The van der Waals surface area contributed by atoms with E-state index in [0.29, 0.717) is 6.04 Å². The maximum Gasteiger partial charge on any atom is 0.191 e. The molecule has 1 saturated heterocycles. The van der Waals surface area contributed by atoms with Crippen molar-refractivity contribution >= 4 is 40.8 Å². The first-order valence-corrected chi connectivity index (χ1v) is 11.0. The van der Waals surface area contributed by atoms with Crippen LogP contribution in [-0.2, 0) is 6.42 Å². The van der Waals surface area contributed by atoms with Crippen molar-refractivity contribution in [3.8, 4) is 0 Å². The number of aromatic nitrogens is 1. The first-order valence-electron chi connectivity index (χ1n) is 11.0. The largest absolute Gasteiger partial charge is 0.361 e. The molecule has 1 saturated carbocycles. The quantitative estimate of drug-likeness (QED) is 0.322. The minimum Gasteiger partial charge on any atom is -0.361 e. The summed E-state index contributed by atoms with van der Waals surface area (Å²) in [6.45, 7) is 5.51. The van der Waals surface area contributed by atoms with Gasteiger partial charge in [0.1, 0.15) is 0 Å². The topological polar surface area (TPSA) is 55.5 Å². The van der Waals surface area contributed by atoms with Crippen LogP contribution in [0.25, 0.3) is 10.9 Å². The second-order valence-electron chi connectivity index (χ2n) is 8.45. The third-order valence-electron chi connectivity index (χ3n) is 6.63. The van der Waals surface area contributed by atoms with Crippen LogP contribution in [0.4, 0.5) is 0 Å². The van der Waals surface area contributed by atoms with Crippen LogP contribution >= 0.6 is 24.0 Å². The maximum absolute atomic E-state index is 4.45. The number of nitrogens with one attached hydrogen (secondary N) is 3. The molecule has 0 radical (unpaired) electrons. The minimum absolute atomic E-state index is 0. The van der Waals surface area contributed by atoms with Gasteiger partial charge in [0, 0.05) is 55.9 Å². The van der Waals surface area contributed by atoms with Gasteiger partial charge in [0.05, 0.1) is 0 Å². The fourth-order valence-corrected chi connectivity index (χ4v) is 4.95. The number of aryl methyl sites for hydroxylation is 1. The standard InChI is InChI=1S/C23H35N5.HI/c1-17-6-5-9-21-18(16-26-22(17)21)10-13-25-23(24-2)27-19-11-14-28(15-12-19)20-7-3-4-8-20;/h5-6,9,16,19-20,26H,3-4,7-8,10-15H2,1-2H3,(H2,24,25,27);1H. The van der Waals surface area contributed by atoms with Gasteiger partial charge in [-0.2, -0.15) is 0 Å². The number of piperidine rings is 1. The summed E-state index contributed by atoms with van der Waals surface area (Å²) in [6, 6.07) is 7.91. The number of hydrogen-bond donors (Lipinski definition) is 3. The fourth-order valence-electron chi connectivity index (χ4n) is 4.95. The molecule has 4 rings (SSSR count). The number of benzene rings is 1. The van der Waals surface area contributed by atoms with E-state index < -0.39 is 0 Å². The number of para-hydroxylation sites is 1. The maximum atomic E-state index is 4.45. The highest BCUT2D eigenvalue weighted by Crippen LogP contribution is 2.26. The average Bonchev–Trinajstić information content (AvgIpc) is 3.39. The highest BCUT2D eigenvalue weighted by molar-refractivity contribution is 14.0. The molecule has 0 amide bonds. The minimum atomic E-state index is 0. The lowest BCUT2D eigenvalue weighted by Gasteiger charge is -2.36. The number of halogens is 1. The lowest BCUT2D eigenvalue weighted by atomic mass is 10.0. The summed E-state index contributed by atoms with van der Waals surface area (Å²) in [6.07, 6.45) is 11.3. The van der Waals surface area contributed by atoms with E-state index in [1.165, 1.54) is 73.6 Å². The van der Waals surface area contributed by atoms with Gasteiger partial charge in [0.15, 0.2) is 5.96 Å². The molecule has 2 fully saturated rings. The zero-order valence-electron chi connectivity index (χ0n) is 17.8. The number of guanidine groups is 1. The van der Waals surface area contributed by atoms with E-state index in [2.05, 4.69) is 56.8 Å². The van der Waals surface area contributed by atoms with Gasteiger partial charge in [-0.3, -0.25) is 4.99 Å². The number of aromatic amines is 1. The van der Waals surface area contributed by atoms with Gasteiger partial charge in [-0.15, -0.1) is 24.0 Å². The zero-order valence-corrected chi connectivity index (χ0v) is 20.2. The van der Waals surface area contributed by atoms with Crippen molar-refractivity contribution < 1.29 is 0 Å². The van der Waals surface area contributed by atoms with Crippen LogP contribution in [0.2, 0.25) is 0 Å². The molecule has 2 aromatic rings. The molecule has 2 aliphatic rings. The summed E-state index contributed by atoms with van der Waals surface area (Å²) >= 11 is 0. The predicted molar refractivity (Wildman–Crippen MR) is 134 cm³/mol. The summed E-state index contributed by atoms with van der Waals surface area (Å²) in [5, 5.41) is 8.50. The molecule has 3 N–H and O–H groups in total. The molecule has 5 nitrogen and oxygen atoms in total. The Hall–Kier alpha value is -1.28. The van der Waals surface area contributed by atoms with Gasteiger partial charge < -0.3 is 20.5 Å². The Morgan fingerprint density at radius 2 is 1.93 bits per heavy atom. The Bertz CT molecular complexity index is 801. The molecule has 160 valence electrons. The monoisotopic (exact) mass is 509 g/mol. The molecule has 0 atom stereocenters. The molecule has 0 bridgehead atoms. The van der Waals surface area contributed by atoms with Crippen molar-refractivity contribution in [1.82, 2.24) is 20.5 Å². The lowest BCUT2D eigenvalue weighted by Crippen LogP contribution is -2.50. The van der Waals surface area contributed by atoms with Crippen molar-refractivity contribution in [2.45, 2.75) is 64.0 Å². The number of hydrogen-bond acceptors (Lipinski definition) is 2. The van der Waals surface area contributed by atoms with Crippen LogP contribution in [0.1, 0.15) is 49.7 Å². The molecular weight excluding hydrogens is 473 g/mol. The van der Waals surface area contributed by atoms with Gasteiger partial charge in [-0.05, 0) is 50.2 Å². The molecule has 6 heteroatoms. The van der Waals surface area contributed by atoms with E-state index in [9.17, 15) is 0 Å². The Kier molecular flexibility index (Phi) is 8.24. The molecule has 2 heterocycles. The molecule has 1 aromatic heterocycles. The van der Waals surface area contributed by atoms with Crippen LogP contribution in [0.15, 0.2) is 29.4 Å². The predicted octanol–water partition coefficient (Wildman–Crippen LogP) is 4.21. The Morgan fingerprint density at radius 1 is 1.17 bits per heavy atom. The Labute approximate surface area is 192 Å². The molecule has 0 spiro atoms. The zero-order chi connectivity index (χ0) is 19.3. The van der Waals surface area contributed by atoms with Crippen LogP contribution in [0, 0.1) is 6.92 Å². The van der Waals surface area contributed by atoms with Crippen LogP contribution in [0.5, 0.6) is 0 Å². The molecule has 1 aromatic carbocycles. The smallest absolute Gasteiger partial charge is 0.191 e. The Morgan fingerprint density at radius 3 is 2.66 bits per heavy atom. The molecule has 1 aliphatic heterocycles. The number of H-pyrrole nitrogens is 1. The van der Waals surface area contributed by atoms with E-state index in [4.69, 9.17) is 0 Å². The van der Waals surface area contributed by atoms with Crippen molar-refractivity contribution in [3.63, 3.8) is 0 Å². The highest BCUT2D eigenvalue weighted by atomic mass is 127. The van der Waals surface area contributed by atoms with Crippen LogP contribution in [-0.4, -0.2) is 54.6 Å².